The molecule has 6 heteroatoms. The van der Waals surface area contributed by atoms with Gasteiger partial charge >= 0.3 is 0 Å². The van der Waals surface area contributed by atoms with Crippen molar-refractivity contribution in [2.45, 2.75) is 38.9 Å². The summed E-state index contributed by atoms with van der Waals surface area (Å²) in [6, 6.07) is 15.4. The smallest absolute Gasteiger partial charge is 0.227 e. The van der Waals surface area contributed by atoms with Gasteiger partial charge in [-0.25, -0.2) is 12.7 Å². The Morgan fingerprint density at radius 1 is 1.07 bits per heavy atom. The molecule has 1 aliphatic rings. The van der Waals surface area contributed by atoms with E-state index in [0.29, 0.717) is 25.9 Å². The van der Waals surface area contributed by atoms with E-state index in [2.05, 4.69) is 12.2 Å². The van der Waals surface area contributed by atoms with E-state index >= 15 is 0 Å². The number of amides is 1. The van der Waals surface area contributed by atoms with Gasteiger partial charge in [-0.15, -0.1) is 0 Å². The number of carbonyl (C=O) groups is 1. The van der Waals surface area contributed by atoms with E-state index in [1.807, 2.05) is 55.5 Å². The molecule has 2 aromatic rings. The summed E-state index contributed by atoms with van der Waals surface area (Å²) < 4.78 is 27.0. The summed E-state index contributed by atoms with van der Waals surface area (Å²) in [5, 5.41) is 2.96. The van der Waals surface area contributed by atoms with Crippen molar-refractivity contribution in [1.29, 1.82) is 0 Å². The molecule has 0 atom stereocenters. The number of anilines is 1. The summed E-state index contributed by atoms with van der Waals surface area (Å²) in [4.78, 5) is 12.5. The molecule has 0 radical (unpaired) electrons. The number of nitrogens with one attached hydrogen (secondary N) is 1. The molecular weight excluding hydrogens is 372 g/mol. The first-order chi connectivity index (χ1) is 13.4. The number of sulfonamides is 1. The van der Waals surface area contributed by atoms with Crippen LogP contribution in [0.15, 0.2) is 48.5 Å². The summed E-state index contributed by atoms with van der Waals surface area (Å²) in [6.45, 7) is 4.80. The normalized spacial score (nSPS) is 16.1. The van der Waals surface area contributed by atoms with E-state index in [1.165, 1.54) is 9.87 Å². The number of hydrogen-bond acceptors (Lipinski definition) is 3. The van der Waals surface area contributed by atoms with E-state index in [4.69, 9.17) is 0 Å². The Morgan fingerprint density at radius 3 is 2.32 bits per heavy atom. The van der Waals surface area contributed by atoms with Crippen molar-refractivity contribution >= 4 is 21.6 Å². The van der Waals surface area contributed by atoms with E-state index < -0.39 is 10.0 Å². The number of hydrogen-bond donors (Lipinski definition) is 1. The van der Waals surface area contributed by atoms with Crippen LogP contribution in [-0.4, -0.2) is 31.7 Å². The van der Waals surface area contributed by atoms with E-state index in [1.54, 1.807) is 0 Å². The molecule has 28 heavy (non-hydrogen) atoms. The van der Waals surface area contributed by atoms with Crippen molar-refractivity contribution in [3.05, 3.63) is 65.2 Å². The van der Waals surface area contributed by atoms with Crippen LogP contribution in [0.1, 0.15) is 36.5 Å². The van der Waals surface area contributed by atoms with Crippen LogP contribution in [0.25, 0.3) is 0 Å². The van der Waals surface area contributed by atoms with Crippen LogP contribution in [-0.2, 0) is 27.0 Å². The second-order valence-electron chi connectivity index (χ2n) is 7.40. The molecule has 1 N–H and O–H groups in total. The Bertz CT molecular complexity index is 915. The van der Waals surface area contributed by atoms with Gasteiger partial charge in [0.25, 0.3) is 0 Å². The van der Waals surface area contributed by atoms with Gasteiger partial charge in [0.15, 0.2) is 0 Å². The van der Waals surface area contributed by atoms with Gasteiger partial charge < -0.3 is 5.32 Å². The van der Waals surface area contributed by atoms with Crippen LogP contribution in [0.2, 0.25) is 0 Å². The molecule has 0 aromatic heterocycles. The van der Waals surface area contributed by atoms with Crippen molar-refractivity contribution in [2.75, 3.05) is 18.4 Å². The van der Waals surface area contributed by atoms with Crippen molar-refractivity contribution in [2.24, 2.45) is 5.92 Å². The summed E-state index contributed by atoms with van der Waals surface area (Å²) in [7, 11) is -3.37. The Kier molecular flexibility index (Phi) is 6.52. The van der Waals surface area contributed by atoms with Crippen molar-refractivity contribution in [3.63, 3.8) is 0 Å². The van der Waals surface area contributed by atoms with Gasteiger partial charge in [0.2, 0.25) is 15.9 Å². The van der Waals surface area contributed by atoms with Crippen LogP contribution in [0.5, 0.6) is 0 Å². The molecule has 0 bridgehead atoms. The maximum absolute atomic E-state index is 12.8. The summed E-state index contributed by atoms with van der Waals surface area (Å²) >= 11 is 0. The minimum Gasteiger partial charge on any atom is -0.326 e. The van der Waals surface area contributed by atoms with Gasteiger partial charge in [-0.1, -0.05) is 43.3 Å². The third-order valence-corrected chi connectivity index (χ3v) is 7.27. The number of carbonyl (C=O) groups excluding carboxylic acids is 1. The van der Waals surface area contributed by atoms with Gasteiger partial charge in [0, 0.05) is 24.7 Å². The quantitative estimate of drug-likeness (QED) is 0.803. The molecule has 5 nitrogen and oxygen atoms in total. The molecule has 1 aliphatic heterocycles. The number of piperidine rings is 1. The van der Waals surface area contributed by atoms with Crippen molar-refractivity contribution in [1.82, 2.24) is 4.31 Å². The van der Waals surface area contributed by atoms with Gasteiger partial charge in [0.05, 0.1) is 5.75 Å². The highest BCUT2D eigenvalue weighted by Crippen LogP contribution is 2.24. The zero-order valence-corrected chi connectivity index (χ0v) is 17.3. The molecule has 0 unspecified atom stereocenters. The Morgan fingerprint density at radius 2 is 1.71 bits per heavy atom. The first kappa shape index (κ1) is 20.6. The first-order valence-electron chi connectivity index (χ1n) is 9.81. The highest BCUT2D eigenvalue weighted by Gasteiger charge is 2.31. The Labute approximate surface area is 167 Å². The Hall–Kier alpha value is -2.18. The third-order valence-electron chi connectivity index (χ3n) is 5.45. The molecule has 0 aliphatic carbocycles. The van der Waals surface area contributed by atoms with Crippen LogP contribution in [0.4, 0.5) is 5.69 Å². The van der Waals surface area contributed by atoms with Crippen molar-refractivity contribution in [3.8, 4) is 0 Å². The molecule has 0 spiro atoms. The van der Waals surface area contributed by atoms with Gasteiger partial charge in [-0.2, -0.15) is 0 Å². The van der Waals surface area contributed by atoms with Crippen LogP contribution in [0.3, 0.4) is 0 Å². The zero-order chi connectivity index (χ0) is 20.1. The summed E-state index contributed by atoms with van der Waals surface area (Å²) in [5.74, 6) is -0.170. The Balaban J connectivity index is 1.55. The third kappa shape index (κ3) is 5.00. The number of nitrogens with zero attached hydrogens (tertiary/aromatic N) is 1. The number of aryl methyl sites for hydroxylation is 2. The van der Waals surface area contributed by atoms with Crippen LogP contribution in [0, 0.1) is 12.8 Å². The molecule has 2 aromatic carbocycles. The van der Waals surface area contributed by atoms with E-state index in [0.717, 1.165) is 23.2 Å². The minimum absolute atomic E-state index is 0.0142. The summed E-state index contributed by atoms with van der Waals surface area (Å²) in [6.07, 6.45) is 2.06. The number of rotatable bonds is 6. The average molecular weight is 401 g/mol. The fourth-order valence-electron chi connectivity index (χ4n) is 3.52. The second kappa shape index (κ2) is 8.88. The highest BCUT2D eigenvalue weighted by atomic mass is 32.2. The predicted octanol–water partition coefficient (Wildman–Crippen LogP) is 3.74. The fourth-order valence-corrected chi connectivity index (χ4v) is 5.19. The standard InChI is InChI=1S/C22H28N2O3S/c1-3-18-8-10-21(11-9-18)23-22(25)19-12-14-24(15-13-19)28(26,27)16-20-7-5-4-6-17(20)2/h4-11,19H,3,12-16H2,1-2H3,(H,23,25). The molecule has 150 valence electrons. The van der Waals surface area contributed by atoms with Crippen molar-refractivity contribution < 1.29 is 13.2 Å². The highest BCUT2D eigenvalue weighted by molar-refractivity contribution is 7.88. The van der Waals surface area contributed by atoms with Crippen LogP contribution >= 0.6 is 0 Å². The SMILES string of the molecule is CCc1ccc(NC(=O)C2CCN(S(=O)(=O)Cc3ccccc3C)CC2)cc1. The lowest BCUT2D eigenvalue weighted by Gasteiger charge is -2.30. The van der Waals surface area contributed by atoms with Gasteiger partial charge in [-0.05, 0) is 55.0 Å². The van der Waals surface area contributed by atoms with Crippen LogP contribution < -0.4 is 5.32 Å². The topological polar surface area (TPSA) is 66.5 Å². The largest absolute Gasteiger partial charge is 0.326 e. The molecule has 1 amide bonds. The maximum atomic E-state index is 12.8. The maximum Gasteiger partial charge on any atom is 0.227 e. The van der Waals surface area contributed by atoms with Gasteiger partial charge in [0.1, 0.15) is 0 Å². The molecule has 1 heterocycles. The lowest BCUT2D eigenvalue weighted by Crippen LogP contribution is -2.41. The monoisotopic (exact) mass is 400 g/mol. The molecule has 1 fully saturated rings. The lowest BCUT2D eigenvalue weighted by atomic mass is 9.97. The number of benzene rings is 2. The minimum atomic E-state index is -3.37. The molecule has 0 saturated carbocycles. The second-order valence-corrected chi connectivity index (χ2v) is 9.36. The predicted molar refractivity (Wildman–Crippen MR) is 113 cm³/mol. The average Bonchev–Trinajstić information content (AvgIpc) is 2.70. The molecular formula is C22H28N2O3S. The summed E-state index contributed by atoms with van der Waals surface area (Å²) in [5.41, 5.74) is 3.83. The molecule has 3 rings (SSSR count). The van der Waals surface area contributed by atoms with Gasteiger partial charge in [-0.3, -0.25) is 4.79 Å². The zero-order valence-electron chi connectivity index (χ0n) is 16.5. The van der Waals surface area contributed by atoms with E-state index in [-0.39, 0.29) is 17.6 Å². The fraction of sp³-hybridized carbons (Fsp3) is 0.409. The first-order valence-corrected chi connectivity index (χ1v) is 11.4. The lowest BCUT2D eigenvalue weighted by molar-refractivity contribution is -0.120. The molecule has 1 saturated heterocycles. The van der Waals surface area contributed by atoms with E-state index in [9.17, 15) is 13.2 Å².